The van der Waals surface area contributed by atoms with Gasteiger partial charge in [-0.25, -0.2) is 4.98 Å². The van der Waals surface area contributed by atoms with Gasteiger partial charge in [0.2, 0.25) is 5.89 Å². The number of benzene rings is 2. The Morgan fingerprint density at radius 2 is 1.71 bits per heavy atom. The zero-order chi connectivity index (χ0) is 18.9. The molecule has 4 heteroatoms. The number of hydrogen-bond donors (Lipinski definition) is 0. The van der Waals surface area contributed by atoms with Gasteiger partial charge in [0.1, 0.15) is 5.76 Å². The molecule has 2 heterocycles. The Kier molecular flexibility index (Phi) is 4.91. The highest BCUT2D eigenvalue weighted by atomic mass is 16.4. The molecule has 1 aliphatic carbocycles. The van der Waals surface area contributed by atoms with Gasteiger partial charge in [0, 0.05) is 44.3 Å². The van der Waals surface area contributed by atoms with Crippen LogP contribution in [0, 0.1) is 6.92 Å². The van der Waals surface area contributed by atoms with E-state index in [4.69, 9.17) is 9.40 Å². The van der Waals surface area contributed by atoms with Crippen LogP contribution in [0.2, 0.25) is 0 Å². The number of aryl methyl sites for hydroxylation is 1. The number of nitrogens with zero attached hydrogens (tertiary/aromatic N) is 3. The summed E-state index contributed by atoms with van der Waals surface area (Å²) in [5.41, 5.74) is 2.16. The maximum Gasteiger partial charge on any atom is 0.227 e. The molecule has 1 saturated heterocycles. The first-order chi connectivity index (χ1) is 13.8. The van der Waals surface area contributed by atoms with Crippen LogP contribution in [-0.2, 0) is 6.54 Å². The van der Waals surface area contributed by atoms with Gasteiger partial charge in [-0.1, -0.05) is 49.2 Å². The second-order valence-corrected chi connectivity index (χ2v) is 8.30. The van der Waals surface area contributed by atoms with Crippen molar-refractivity contribution >= 4 is 10.8 Å². The van der Waals surface area contributed by atoms with Crippen molar-refractivity contribution in [3.05, 3.63) is 53.9 Å². The Morgan fingerprint density at radius 1 is 0.964 bits per heavy atom. The quantitative estimate of drug-likeness (QED) is 0.652. The van der Waals surface area contributed by atoms with Crippen LogP contribution in [0.25, 0.3) is 22.2 Å². The molecule has 0 atom stereocenters. The summed E-state index contributed by atoms with van der Waals surface area (Å²) in [6, 6.07) is 15.6. The highest BCUT2D eigenvalue weighted by Gasteiger charge is 2.26. The summed E-state index contributed by atoms with van der Waals surface area (Å²) in [4.78, 5) is 10.1. The monoisotopic (exact) mass is 375 g/mol. The zero-order valence-electron chi connectivity index (χ0n) is 16.7. The van der Waals surface area contributed by atoms with E-state index in [1.165, 1.54) is 49.5 Å². The average molecular weight is 376 g/mol. The molecule has 0 unspecified atom stereocenters. The Hall–Kier alpha value is -2.17. The third-order valence-electron chi connectivity index (χ3n) is 6.53. The second kappa shape index (κ2) is 7.69. The van der Waals surface area contributed by atoms with Crippen LogP contribution in [0.4, 0.5) is 0 Å². The van der Waals surface area contributed by atoms with Gasteiger partial charge in [-0.15, -0.1) is 0 Å². The van der Waals surface area contributed by atoms with Crippen LogP contribution in [0.3, 0.4) is 0 Å². The van der Waals surface area contributed by atoms with Crippen molar-refractivity contribution < 1.29 is 4.42 Å². The third kappa shape index (κ3) is 3.47. The van der Waals surface area contributed by atoms with Crippen molar-refractivity contribution in [2.24, 2.45) is 0 Å². The minimum atomic E-state index is 0.744. The summed E-state index contributed by atoms with van der Waals surface area (Å²) in [6.07, 6.45) is 5.63. The van der Waals surface area contributed by atoms with Crippen molar-refractivity contribution in [2.45, 2.75) is 45.2 Å². The molecule has 2 aromatic carbocycles. The maximum absolute atomic E-state index is 6.10. The van der Waals surface area contributed by atoms with Crippen LogP contribution in [0.5, 0.6) is 0 Å². The fraction of sp³-hybridized carbons (Fsp3) is 0.458. The minimum absolute atomic E-state index is 0.744. The Morgan fingerprint density at radius 3 is 2.54 bits per heavy atom. The summed E-state index contributed by atoms with van der Waals surface area (Å²) in [5, 5.41) is 2.42. The summed E-state index contributed by atoms with van der Waals surface area (Å²) in [7, 11) is 0. The molecule has 0 bridgehead atoms. The van der Waals surface area contributed by atoms with E-state index in [1.54, 1.807) is 0 Å². The molecule has 146 valence electrons. The van der Waals surface area contributed by atoms with E-state index in [2.05, 4.69) is 52.3 Å². The molecule has 0 spiro atoms. The topological polar surface area (TPSA) is 32.5 Å². The second-order valence-electron chi connectivity index (χ2n) is 8.30. The van der Waals surface area contributed by atoms with Gasteiger partial charge in [0.05, 0.1) is 5.69 Å². The molecular weight excluding hydrogens is 346 g/mol. The fourth-order valence-corrected chi connectivity index (χ4v) is 4.87. The van der Waals surface area contributed by atoms with Crippen LogP contribution in [0.1, 0.15) is 37.1 Å². The number of hydrogen-bond acceptors (Lipinski definition) is 4. The van der Waals surface area contributed by atoms with E-state index in [0.717, 1.165) is 48.6 Å². The van der Waals surface area contributed by atoms with Gasteiger partial charge in [-0.05, 0) is 36.6 Å². The molecular formula is C24H29N3O. The van der Waals surface area contributed by atoms with Crippen LogP contribution < -0.4 is 0 Å². The molecule has 0 radical (unpaired) electrons. The standard InChI is InChI=1S/C24H29N3O/c1-18-23(17-26-13-15-27(16-14-26)20-9-3-4-10-20)25-24(28-18)22-12-6-8-19-7-2-5-11-21(19)22/h2,5-8,11-12,20H,3-4,9-10,13-17H2,1H3. The lowest BCUT2D eigenvalue weighted by Crippen LogP contribution is -2.49. The summed E-state index contributed by atoms with van der Waals surface area (Å²) >= 11 is 0. The normalized spacial score (nSPS) is 19.6. The van der Waals surface area contributed by atoms with E-state index in [0.29, 0.717) is 0 Å². The smallest absolute Gasteiger partial charge is 0.227 e. The summed E-state index contributed by atoms with van der Waals surface area (Å²) < 4.78 is 6.10. The molecule has 0 amide bonds. The minimum Gasteiger partial charge on any atom is -0.441 e. The maximum atomic E-state index is 6.10. The third-order valence-corrected chi connectivity index (χ3v) is 6.53. The largest absolute Gasteiger partial charge is 0.441 e. The first-order valence-corrected chi connectivity index (χ1v) is 10.7. The molecule has 2 fully saturated rings. The van der Waals surface area contributed by atoms with E-state index in [1.807, 2.05) is 6.92 Å². The van der Waals surface area contributed by atoms with Crippen LogP contribution >= 0.6 is 0 Å². The molecule has 1 saturated carbocycles. The predicted octanol–water partition coefficient (Wildman–Crippen LogP) is 4.86. The van der Waals surface area contributed by atoms with Gasteiger partial charge in [-0.3, -0.25) is 9.80 Å². The lowest BCUT2D eigenvalue weighted by molar-refractivity contribution is 0.0928. The van der Waals surface area contributed by atoms with Gasteiger partial charge < -0.3 is 4.42 Å². The first kappa shape index (κ1) is 17.9. The molecule has 2 aliphatic rings. The molecule has 1 aliphatic heterocycles. The molecule has 3 aromatic rings. The van der Waals surface area contributed by atoms with Gasteiger partial charge >= 0.3 is 0 Å². The van der Waals surface area contributed by atoms with Gasteiger partial charge in [-0.2, -0.15) is 0 Å². The van der Waals surface area contributed by atoms with E-state index in [9.17, 15) is 0 Å². The van der Waals surface area contributed by atoms with E-state index >= 15 is 0 Å². The molecule has 5 rings (SSSR count). The van der Waals surface area contributed by atoms with Gasteiger partial charge in [0.25, 0.3) is 0 Å². The SMILES string of the molecule is Cc1oc(-c2cccc3ccccc23)nc1CN1CCN(C2CCCC2)CC1. The predicted molar refractivity (Wildman–Crippen MR) is 113 cm³/mol. The molecule has 1 aromatic heterocycles. The highest BCUT2D eigenvalue weighted by molar-refractivity contribution is 5.94. The highest BCUT2D eigenvalue weighted by Crippen LogP contribution is 2.30. The van der Waals surface area contributed by atoms with Crippen molar-refractivity contribution in [1.82, 2.24) is 14.8 Å². The number of oxazole rings is 1. The molecule has 4 nitrogen and oxygen atoms in total. The summed E-state index contributed by atoms with van der Waals surface area (Å²) in [5.74, 6) is 1.69. The van der Waals surface area contributed by atoms with Crippen molar-refractivity contribution in [3.63, 3.8) is 0 Å². The Balaban J connectivity index is 1.30. The van der Waals surface area contributed by atoms with Crippen molar-refractivity contribution in [3.8, 4) is 11.5 Å². The van der Waals surface area contributed by atoms with Crippen molar-refractivity contribution in [2.75, 3.05) is 26.2 Å². The number of aromatic nitrogens is 1. The fourth-order valence-electron chi connectivity index (χ4n) is 4.87. The lowest BCUT2D eigenvalue weighted by Gasteiger charge is -2.37. The molecule has 28 heavy (non-hydrogen) atoms. The van der Waals surface area contributed by atoms with E-state index in [-0.39, 0.29) is 0 Å². The average Bonchev–Trinajstić information content (AvgIpc) is 3.39. The number of piperazine rings is 1. The Bertz CT molecular complexity index is 944. The van der Waals surface area contributed by atoms with Gasteiger partial charge in [0.15, 0.2) is 0 Å². The number of fused-ring (bicyclic) bond motifs is 1. The first-order valence-electron chi connectivity index (χ1n) is 10.7. The van der Waals surface area contributed by atoms with Crippen molar-refractivity contribution in [1.29, 1.82) is 0 Å². The van der Waals surface area contributed by atoms with Crippen LogP contribution in [-0.4, -0.2) is 47.0 Å². The zero-order valence-corrected chi connectivity index (χ0v) is 16.7. The summed E-state index contributed by atoms with van der Waals surface area (Å²) in [6.45, 7) is 7.58. The van der Waals surface area contributed by atoms with Crippen LogP contribution in [0.15, 0.2) is 46.9 Å². The number of rotatable bonds is 4. The lowest BCUT2D eigenvalue weighted by atomic mass is 10.0. The van der Waals surface area contributed by atoms with E-state index < -0.39 is 0 Å². The molecule has 0 N–H and O–H groups in total. The Labute approximate surface area is 167 Å².